The molecule has 16 heteroatoms. The zero-order valence-corrected chi connectivity index (χ0v) is 21.2. The average molecular weight is 570 g/mol. The molecule has 2 unspecified atom stereocenters. The molecule has 0 aromatic heterocycles. The van der Waals surface area contributed by atoms with Crippen LogP contribution in [-0.2, 0) is 4.79 Å². The van der Waals surface area contributed by atoms with Crippen molar-refractivity contribution in [3.63, 3.8) is 0 Å². The van der Waals surface area contributed by atoms with Crippen LogP contribution in [0, 0.1) is 11.6 Å². The van der Waals surface area contributed by atoms with Crippen LogP contribution in [-0.4, -0.2) is 99.0 Å². The van der Waals surface area contributed by atoms with Crippen LogP contribution in [0.1, 0.15) is 10.4 Å². The van der Waals surface area contributed by atoms with E-state index in [9.17, 15) is 33.4 Å². The topological polar surface area (TPSA) is 202 Å². The van der Waals surface area contributed by atoms with Gasteiger partial charge >= 0.3 is 6.03 Å². The van der Waals surface area contributed by atoms with Gasteiger partial charge in [0.15, 0.2) is 29.2 Å². The van der Waals surface area contributed by atoms with Crippen molar-refractivity contribution in [2.75, 3.05) is 24.5 Å². The first kappa shape index (κ1) is 26.4. The minimum atomic E-state index is -2.87. The number of hydrogen-bond acceptors (Lipinski definition) is 11. The summed E-state index contributed by atoms with van der Waals surface area (Å²) in [6.07, 6.45) is 0. The lowest BCUT2D eigenvalue weighted by molar-refractivity contribution is -0.230. The van der Waals surface area contributed by atoms with E-state index in [4.69, 9.17) is 11.5 Å². The van der Waals surface area contributed by atoms with Gasteiger partial charge in [0.25, 0.3) is 11.8 Å². The second-order valence-electron chi connectivity index (χ2n) is 10.1. The number of imide groups is 1. The van der Waals surface area contributed by atoms with Gasteiger partial charge in [-0.3, -0.25) is 19.4 Å². The molecule has 0 saturated carbocycles. The Kier molecular flexibility index (Phi) is 5.86. The molecule has 2 saturated heterocycles. The first-order valence-electron chi connectivity index (χ1n) is 12.5. The fourth-order valence-corrected chi connectivity index (χ4v) is 5.87. The number of benzene rings is 2. The quantitative estimate of drug-likeness (QED) is 0.178. The number of carbonyl (C=O) groups is 3. The molecular formula is C25H25F2N9O5. The molecule has 0 radical (unpaired) electrons. The predicted molar refractivity (Wildman–Crippen MR) is 139 cm³/mol. The molecule has 4 aliphatic heterocycles. The number of carbonyl (C=O) groups excluding carboxylic acids is 3. The van der Waals surface area contributed by atoms with Gasteiger partial charge in [-0.15, -0.1) is 0 Å². The largest absolute Gasteiger partial charge is 0.370 e. The number of amides is 4. The second kappa shape index (κ2) is 9.10. The zero-order chi connectivity index (χ0) is 29.3. The van der Waals surface area contributed by atoms with Crippen LogP contribution in [0.5, 0.6) is 0 Å². The van der Waals surface area contributed by atoms with Crippen molar-refractivity contribution in [3.8, 4) is 0 Å². The van der Waals surface area contributed by atoms with Gasteiger partial charge in [-0.05, 0) is 24.3 Å². The third-order valence-electron chi connectivity index (χ3n) is 7.80. The number of hydrogen-bond donors (Lipinski definition) is 6. The number of anilines is 1. The second-order valence-corrected chi connectivity index (χ2v) is 10.1. The van der Waals surface area contributed by atoms with Gasteiger partial charge in [0.05, 0.1) is 18.2 Å². The minimum Gasteiger partial charge on any atom is -0.370 e. The molecular weight excluding hydrogens is 544 g/mol. The lowest BCUT2D eigenvalue weighted by atomic mass is 9.84. The van der Waals surface area contributed by atoms with E-state index in [0.29, 0.717) is 5.69 Å². The standard InChI is InChI=1S/C25H25F2N9O5/c26-14-8-4-7-13(18(14)27)20(38)31-16-10-36-22(29)30-15(19-24(36,25(16,40)41)33-21(28)32-19)9-35-17(37)11-34(23(35)39)12-5-2-1-3-6-12/h1-8,15-16,19,40-41H,9-11H2,(H2,29,30)(H,31,38)(H3,28,32,33)/t15?,16?,19-,24-/m0/s1. The highest BCUT2D eigenvalue weighted by Crippen LogP contribution is 2.45. The highest BCUT2D eigenvalue weighted by atomic mass is 19.2. The van der Waals surface area contributed by atoms with Gasteiger partial charge in [0.1, 0.15) is 18.6 Å². The maximum atomic E-state index is 14.3. The number of halogens is 2. The normalized spacial score (nSPS) is 28.2. The van der Waals surface area contributed by atoms with E-state index >= 15 is 0 Å². The fourth-order valence-electron chi connectivity index (χ4n) is 5.87. The number of urea groups is 1. The molecule has 214 valence electrons. The van der Waals surface area contributed by atoms with Crippen molar-refractivity contribution in [1.82, 2.24) is 20.4 Å². The number of nitrogens with zero attached hydrogens (tertiary/aromatic N) is 5. The number of nitrogens with one attached hydrogen (secondary N) is 2. The molecule has 2 fully saturated rings. The van der Waals surface area contributed by atoms with Crippen LogP contribution < -0.4 is 27.0 Å². The third kappa shape index (κ3) is 3.78. The summed E-state index contributed by atoms with van der Waals surface area (Å²) in [4.78, 5) is 51.1. The van der Waals surface area contributed by atoms with Crippen molar-refractivity contribution in [1.29, 1.82) is 0 Å². The van der Waals surface area contributed by atoms with E-state index in [2.05, 4.69) is 20.6 Å². The lowest BCUT2D eigenvalue weighted by Gasteiger charge is -2.49. The molecule has 4 atom stereocenters. The van der Waals surface area contributed by atoms with Crippen LogP contribution in [0.3, 0.4) is 0 Å². The Morgan fingerprint density at radius 2 is 1.83 bits per heavy atom. The van der Waals surface area contributed by atoms with Gasteiger partial charge in [0, 0.05) is 12.2 Å². The van der Waals surface area contributed by atoms with Gasteiger partial charge in [-0.2, -0.15) is 0 Å². The maximum absolute atomic E-state index is 14.3. The third-order valence-corrected chi connectivity index (χ3v) is 7.80. The SMILES string of the molecule is NC1=N[C@H]2C(CN3C(=O)CN(c4ccccc4)C3=O)N=C(N)N3CC(NC(=O)c4cccc(F)c4F)C(O)(O)[C@]23N1. The van der Waals surface area contributed by atoms with Crippen LogP contribution in [0.2, 0.25) is 0 Å². The first-order chi connectivity index (χ1) is 19.5. The van der Waals surface area contributed by atoms with E-state index in [0.717, 1.165) is 23.1 Å². The fraction of sp³-hybridized carbons (Fsp3) is 0.320. The van der Waals surface area contributed by atoms with Crippen LogP contribution in [0.15, 0.2) is 58.5 Å². The number of aliphatic hydroxyl groups is 2. The monoisotopic (exact) mass is 569 g/mol. The Labute approximate surface area is 230 Å². The number of nitrogens with two attached hydrogens (primary N) is 2. The van der Waals surface area contributed by atoms with Crippen molar-refractivity contribution in [2.45, 2.75) is 29.6 Å². The zero-order valence-electron chi connectivity index (χ0n) is 21.2. The van der Waals surface area contributed by atoms with Crippen molar-refractivity contribution < 1.29 is 33.4 Å². The van der Waals surface area contributed by atoms with Crippen LogP contribution in [0.4, 0.5) is 19.3 Å². The summed E-state index contributed by atoms with van der Waals surface area (Å²) >= 11 is 0. The Balaban J connectivity index is 1.29. The Bertz CT molecular complexity index is 1520. The first-order valence-corrected chi connectivity index (χ1v) is 12.5. The highest BCUT2D eigenvalue weighted by Gasteiger charge is 2.73. The Hall–Kier alpha value is -4.83. The van der Waals surface area contributed by atoms with Gasteiger partial charge < -0.3 is 37.2 Å². The maximum Gasteiger partial charge on any atom is 0.331 e. The van der Waals surface area contributed by atoms with Crippen LogP contribution in [0.25, 0.3) is 0 Å². The molecule has 4 aliphatic rings. The predicted octanol–water partition coefficient (Wildman–Crippen LogP) is -1.79. The summed E-state index contributed by atoms with van der Waals surface area (Å²) in [6, 6.07) is 7.17. The van der Waals surface area contributed by atoms with Crippen molar-refractivity contribution in [2.24, 2.45) is 21.5 Å². The molecule has 4 amide bonds. The molecule has 6 rings (SSSR count). The molecule has 4 heterocycles. The average Bonchev–Trinajstić information content (AvgIpc) is 3.51. The Morgan fingerprint density at radius 1 is 1.10 bits per heavy atom. The number of aliphatic imine (C=N–C) groups is 2. The number of rotatable bonds is 5. The molecule has 2 aromatic rings. The summed E-state index contributed by atoms with van der Waals surface area (Å²) in [5.74, 6) is -7.58. The van der Waals surface area contributed by atoms with E-state index in [1.807, 2.05) is 0 Å². The molecule has 0 aliphatic carbocycles. The van der Waals surface area contributed by atoms with Crippen molar-refractivity contribution in [3.05, 3.63) is 65.7 Å². The van der Waals surface area contributed by atoms with Crippen molar-refractivity contribution >= 4 is 35.5 Å². The van der Waals surface area contributed by atoms with E-state index in [-0.39, 0.29) is 31.6 Å². The summed E-state index contributed by atoms with van der Waals surface area (Å²) in [6.45, 7) is -0.871. The molecule has 1 spiro atoms. The van der Waals surface area contributed by atoms with E-state index in [1.165, 1.54) is 9.80 Å². The molecule has 8 N–H and O–H groups in total. The van der Waals surface area contributed by atoms with Gasteiger partial charge in [0.2, 0.25) is 5.79 Å². The number of para-hydroxylation sites is 1. The van der Waals surface area contributed by atoms with E-state index in [1.54, 1.807) is 30.3 Å². The van der Waals surface area contributed by atoms with Gasteiger partial charge in [-0.25, -0.2) is 23.6 Å². The summed E-state index contributed by atoms with van der Waals surface area (Å²) in [5, 5.41) is 28.1. The van der Waals surface area contributed by atoms with E-state index < -0.39 is 64.6 Å². The minimum absolute atomic E-state index is 0.212. The molecule has 2 aromatic carbocycles. The molecule has 14 nitrogen and oxygen atoms in total. The molecule has 41 heavy (non-hydrogen) atoms. The summed E-state index contributed by atoms with van der Waals surface area (Å²) in [5.41, 5.74) is 10.1. The summed E-state index contributed by atoms with van der Waals surface area (Å²) in [7, 11) is 0. The van der Waals surface area contributed by atoms with Crippen LogP contribution >= 0.6 is 0 Å². The smallest absolute Gasteiger partial charge is 0.331 e. The number of guanidine groups is 2. The van der Waals surface area contributed by atoms with Gasteiger partial charge in [-0.1, -0.05) is 24.3 Å². The Morgan fingerprint density at radius 3 is 2.56 bits per heavy atom. The molecule has 0 bridgehead atoms. The summed E-state index contributed by atoms with van der Waals surface area (Å²) < 4.78 is 28.0. The highest BCUT2D eigenvalue weighted by molar-refractivity contribution is 6.12. The lowest BCUT2D eigenvalue weighted by Crippen LogP contribution is -2.78.